The summed E-state index contributed by atoms with van der Waals surface area (Å²) in [6.45, 7) is 1.22. The number of carbonyl (C=O) groups excluding carboxylic acids is 2. The Bertz CT molecular complexity index is 1870. The van der Waals surface area contributed by atoms with Crippen molar-refractivity contribution >= 4 is 29.1 Å². The first-order valence-corrected chi connectivity index (χ1v) is 14.8. The lowest BCUT2D eigenvalue weighted by Gasteiger charge is -2.31. The minimum atomic E-state index is -4.45. The lowest BCUT2D eigenvalue weighted by Crippen LogP contribution is -2.27. The summed E-state index contributed by atoms with van der Waals surface area (Å²) in [4.78, 5) is 28.1. The molecular formula is C36H31F3N4O3. The van der Waals surface area contributed by atoms with Crippen LogP contribution in [0.1, 0.15) is 33.5 Å². The van der Waals surface area contributed by atoms with Gasteiger partial charge in [-0.25, -0.2) is 4.79 Å². The van der Waals surface area contributed by atoms with Gasteiger partial charge in [0.2, 0.25) is 5.88 Å². The number of fused-ring (bicyclic) bond motifs is 1. The Morgan fingerprint density at radius 1 is 0.891 bits per heavy atom. The quantitative estimate of drug-likeness (QED) is 0.191. The molecule has 5 aromatic rings. The number of rotatable bonds is 7. The molecule has 4 aromatic carbocycles. The summed E-state index contributed by atoms with van der Waals surface area (Å²) in [5.74, 6) is -0.253. The van der Waals surface area contributed by atoms with Crippen LogP contribution in [-0.4, -0.2) is 23.1 Å². The highest BCUT2D eigenvalue weighted by molar-refractivity contribution is 6.08. The van der Waals surface area contributed by atoms with Crippen molar-refractivity contribution in [1.82, 2.24) is 9.88 Å². The van der Waals surface area contributed by atoms with Crippen molar-refractivity contribution in [3.63, 3.8) is 0 Å². The van der Waals surface area contributed by atoms with E-state index in [4.69, 9.17) is 4.74 Å². The van der Waals surface area contributed by atoms with Gasteiger partial charge in [-0.05, 0) is 71.5 Å². The van der Waals surface area contributed by atoms with Gasteiger partial charge in [0.25, 0.3) is 5.91 Å². The summed E-state index contributed by atoms with van der Waals surface area (Å²) in [5, 5.41) is 5.54. The first kappa shape index (κ1) is 30.5. The van der Waals surface area contributed by atoms with E-state index in [1.807, 2.05) is 24.3 Å². The molecule has 1 aromatic heterocycles. The summed E-state index contributed by atoms with van der Waals surface area (Å²) in [5.41, 5.74) is 5.42. The number of para-hydroxylation sites is 1. The summed E-state index contributed by atoms with van der Waals surface area (Å²) in [6, 6.07) is 29.3. The molecule has 0 saturated carbocycles. The van der Waals surface area contributed by atoms with Gasteiger partial charge in [0.1, 0.15) is 0 Å². The van der Waals surface area contributed by atoms with Gasteiger partial charge in [-0.3, -0.25) is 4.79 Å². The molecule has 0 saturated heterocycles. The van der Waals surface area contributed by atoms with Crippen LogP contribution in [0.15, 0.2) is 109 Å². The molecule has 1 aliphatic heterocycles. The lowest BCUT2D eigenvalue weighted by atomic mass is 9.98. The fraction of sp³-hybridized carbons (Fsp3) is 0.167. The van der Waals surface area contributed by atoms with E-state index in [9.17, 15) is 22.8 Å². The van der Waals surface area contributed by atoms with E-state index >= 15 is 0 Å². The fourth-order valence-corrected chi connectivity index (χ4v) is 5.59. The van der Waals surface area contributed by atoms with Crippen LogP contribution in [0, 0.1) is 0 Å². The average molecular weight is 625 g/mol. The zero-order valence-electron chi connectivity index (χ0n) is 25.0. The van der Waals surface area contributed by atoms with E-state index in [-0.39, 0.29) is 18.0 Å². The second-order valence-electron chi connectivity index (χ2n) is 11.0. The van der Waals surface area contributed by atoms with Gasteiger partial charge in [-0.1, -0.05) is 60.7 Å². The van der Waals surface area contributed by atoms with Gasteiger partial charge in [-0.2, -0.15) is 13.2 Å². The first-order valence-electron chi connectivity index (χ1n) is 14.8. The third-order valence-corrected chi connectivity index (χ3v) is 7.90. The number of alkyl halides is 3. The van der Waals surface area contributed by atoms with Crippen LogP contribution in [0.25, 0.3) is 11.1 Å². The number of carbonyl (C=O) groups is 2. The topological polar surface area (TPSA) is 75.6 Å². The standard InChI is InChI=1S/C36H31F3N4O3/c1-42-23-28(41-34(44)31-10-4-3-9-30(31)25-14-16-27(17-15-25)36(37,38)39)21-33(42)46-35(45)40-22-24-12-18-29(19-13-24)43-20-6-8-26-7-2-5-11-32(26)43/h2-5,7,9-19,21,23H,6,8,20,22H2,1H3,(H,40,45)(H,41,44). The third kappa shape index (κ3) is 6.76. The number of benzene rings is 4. The summed E-state index contributed by atoms with van der Waals surface area (Å²) >= 11 is 0. The number of anilines is 3. The molecule has 0 atom stereocenters. The molecule has 2 amide bonds. The molecule has 6 rings (SSSR count). The molecule has 10 heteroatoms. The molecule has 1 aliphatic rings. The summed E-state index contributed by atoms with van der Waals surface area (Å²) in [7, 11) is 1.67. The number of hydrogen-bond donors (Lipinski definition) is 2. The van der Waals surface area contributed by atoms with Crippen molar-refractivity contribution in [2.45, 2.75) is 25.6 Å². The molecule has 0 unspecified atom stereocenters. The number of ether oxygens (including phenoxy) is 1. The van der Waals surface area contributed by atoms with Gasteiger partial charge < -0.3 is 24.8 Å². The van der Waals surface area contributed by atoms with E-state index in [1.165, 1.54) is 29.4 Å². The smallest absolute Gasteiger partial charge is 0.393 e. The van der Waals surface area contributed by atoms with Crippen LogP contribution in [0.2, 0.25) is 0 Å². The van der Waals surface area contributed by atoms with Crippen LogP contribution < -0.4 is 20.3 Å². The number of aryl methyl sites for hydroxylation is 2. The number of nitrogens with zero attached hydrogens (tertiary/aromatic N) is 2. The van der Waals surface area contributed by atoms with Crippen molar-refractivity contribution in [3.8, 4) is 17.0 Å². The highest BCUT2D eigenvalue weighted by atomic mass is 19.4. The number of nitrogens with one attached hydrogen (secondary N) is 2. The summed E-state index contributed by atoms with van der Waals surface area (Å²) in [6.07, 6.45) is -1.34. The van der Waals surface area contributed by atoms with Crippen LogP contribution in [0.4, 0.5) is 35.0 Å². The van der Waals surface area contributed by atoms with E-state index in [2.05, 4.69) is 39.8 Å². The number of halogens is 3. The normalized spacial score (nSPS) is 12.7. The number of hydrogen-bond acceptors (Lipinski definition) is 4. The Morgan fingerprint density at radius 3 is 2.37 bits per heavy atom. The molecule has 2 N–H and O–H groups in total. The predicted octanol–water partition coefficient (Wildman–Crippen LogP) is 8.34. The van der Waals surface area contributed by atoms with Crippen LogP contribution in [0.3, 0.4) is 0 Å². The summed E-state index contributed by atoms with van der Waals surface area (Å²) < 4.78 is 46.1. The zero-order chi connectivity index (χ0) is 32.3. The zero-order valence-corrected chi connectivity index (χ0v) is 25.0. The van der Waals surface area contributed by atoms with Crippen LogP contribution in [-0.2, 0) is 26.2 Å². The van der Waals surface area contributed by atoms with Gasteiger partial charge in [0, 0.05) is 49.3 Å². The first-order chi connectivity index (χ1) is 22.2. The molecule has 0 fully saturated rings. The average Bonchev–Trinajstić information content (AvgIpc) is 3.40. The van der Waals surface area contributed by atoms with Crippen molar-refractivity contribution in [3.05, 3.63) is 132 Å². The van der Waals surface area contributed by atoms with Crippen molar-refractivity contribution in [2.24, 2.45) is 7.05 Å². The Morgan fingerprint density at radius 2 is 1.61 bits per heavy atom. The van der Waals surface area contributed by atoms with E-state index < -0.39 is 23.7 Å². The highest BCUT2D eigenvalue weighted by Crippen LogP contribution is 2.34. The Labute approximate surface area is 264 Å². The second kappa shape index (κ2) is 12.8. The molecular weight excluding hydrogens is 593 g/mol. The van der Waals surface area contributed by atoms with Gasteiger partial charge in [-0.15, -0.1) is 0 Å². The van der Waals surface area contributed by atoms with Crippen LogP contribution in [0.5, 0.6) is 5.88 Å². The molecule has 2 heterocycles. The van der Waals surface area contributed by atoms with Crippen molar-refractivity contribution in [1.29, 1.82) is 0 Å². The van der Waals surface area contributed by atoms with E-state index in [0.29, 0.717) is 16.8 Å². The van der Waals surface area contributed by atoms with E-state index in [1.54, 1.807) is 42.1 Å². The van der Waals surface area contributed by atoms with Gasteiger partial charge in [0.15, 0.2) is 0 Å². The van der Waals surface area contributed by atoms with Crippen molar-refractivity contribution < 1.29 is 27.5 Å². The molecule has 46 heavy (non-hydrogen) atoms. The minimum absolute atomic E-state index is 0.211. The second-order valence-corrected chi connectivity index (χ2v) is 11.0. The van der Waals surface area contributed by atoms with Gasteiger partial charge >= 0.3 is 12.3 Å². The van der Waals surface area contributed by atoms with Gasteiger partial charge in [0.05, 0.1) is 11.3 Å². The number of aromatic nitrogens is 1. The predicted molar refractivity (Wildman–Crippen MR) is 171 cm³/mol. The fourth-order valence-electron chi connectivity index (χ4n) is 5.59. The number of amides is 2. The third-order valence-electron chi connectivity index (χ3n) is 7.90. The molecule has 234 valence electrons. The monoisotopic (exact) mass is 624 g/mol. The maximum Gasteiger partial charge on any atom is 0.416 e. The molecule has 7 nitrogen and oxygen atoms in total. The van der Waals surface area contributed by atoms with E-state index in [0.717, 1.165) is 42.8 Å². The maximum absolute atomic E-state index is 13.2. The Balaban J connectivity index is 1.06. The molecule has 0 bridgehead atoms. The molecule has 0 spiro atoms. The maximum atomic E-state index is 13.2. The largest absolute Gasteiger partial charge is 0.416 e. The Hall–Kier alpha value is -5.51. The van der Waals surface area contributed by atoms with Crippen LogP contribution >= 0.6 is 0 Å². The SMILES string of the molecule is Cn1cc(NC(=O)c2ccccc2-c2ccc(C(F)(F)F)cc2)cc1OC(=O)NCc1ccc(N2CCCc3ccccc32)cc1. The van der Waals surface area contributed by atoms with Crippen molar-refractivity contribution in [2.75, 3.05) is 16.8 Å². The lowest BCUT2D eigenvalue weighted by molar-refractivity contribution is -0.137. The highest BCUT2D eigenvalue weighted by Gasteiger charge is 2.30. The minimum Gasteiger partial charge on any atom is -0.393 e. The molecule has 0 aliphatic carbocycles. The molecule has 0 radical (unpaired) electrons. The Kier molecular flexibility index (Phi) is 8.52.